The van der Waals surface area contributed by atoms with Gasteiger partial charge in [0.15, 0.2) is 5.96 Å². The standard InChI is InChI=1S/C15H25N3.HI/c1-15(2,13-10-8-7-9-11-13)12-16-14(17(3)4)18(5)6;/h7-11H,12H2,1-6H3;1H. The second-order valence-electron chi connectivity index (χ2n) is 5.65. The molecule has 0 aliphatic rings. The van der Waals surface area contributed by atoms with E-state index in [4.69, 9.17) is 4.99 Å². The smallest absolute Gasteiger partial charge is 0.195 e. The quantitative estimate of drug-likeness (QED) is 0.460. The van der Waals surface area contributed by atoms with Gasteiger partial charge in [-0.3, -0.25) is 4.99 Å². The molecular formula is C15H26IN3. The molecule has 0 radical (unpaired) electrons. The molecule has 0 saturated heterocycles. The Labute approximate surface area is 134 Å². The Morgan fingerprint density at radius 2 is 1.47 bits per heavy atom. The topological polar surface area (TPSA) is 18.8 Å². The maximum Gasteiger partial charge on any atom is 0.195 e. The van der Waals surface area contributed by atoms with Crippen LogP contribution in [0, 0.1) is 0 Å². The molecule has 0 atom stereocenters. The van der Waals surface area contributed by atoms with Gasteiger partial charge < -0.3 is 9.80 Å². The van der Waals surface area contributed by atoms with Crippen molar-refractivity contribution in [2.24, 2.45) is 4.99 Å². The number of rotatable bonds is 3. The molecule has 4 heteroatoms. The van der Waals surface area contributed by atoms with Gasteiger partial charge in [-0.05, 0) is 5.56 Å². The zero-order chi connectivity index (χ0) is 13.8. The van der Waals surface area contributed by atoms with Crippen LogP contribution in [0.1, 0.15) is 19.4 Å². The maximum absolute atomic E-state index is 4.74. The van der Waals surface area contributed by atoms with Crippen LogP contribution in [-0.4, -0.2) is 50.5 Å². The number of hydrogen-bond acceptors (Lipinski definition) is 1. The molecule has 19 heavy (non-hydrogen) atoms. The lowest BCUT2D eigenvalue weighted by Crippen LogP contribution is -2.36. The molecule has 108 valence electrons. The monoisotopic (exact) mass is 375 g/mol. The van der Waals surface area contributed by atoms with E-state index in [-0.39, 0.29) is 29.4 Å². The highest BCUT2D eigenvalue weighted by molar-refractivity contribution is 14.0. The maximum atomic E-state index is 4.74. The highest BCUT2D eigenvalue weighted by Crippen LogP contribution is 2.23. The number of guanidine groups is 1. The zero-order valence-electron chi connectivity index (χ0n) is 12.8. The summed E-state index contributed by atoms with van der Waals surface area (Å²) in [5.41, 5.74) is 1.38. The van der Waals surface area contributed by atoms with Gasteiger partial charge in [0, 0.05) is 33.6 Å². The van der Waals surface area contributed by atoms with Gasteiger partial charge in [-0.2, -0.15) is 0 Å². The van der Waals surface area contributed by atoms with E-state index in [0.29, 0.717) is 0 Å². The fraction of sp³-hybridized carbons (Fsp3) is 0.533. The first-order valence-corrected chi connectivity index (χ1v) is 6.29. The van der Waals surface area contributed by atoms with E-state index in [1.165, 1.54) is 5.56 Å². The van der Waals surface area contributed by atoms with E-state index in [9.17, 15) is 0 Å². The third kappa shape index (κ3) is 5.38. The van der Waals surface area contributed by atoms with Gasteiger partial charge in [-0.15, -0.1) is 24.0 Å². The summed E-state index contributed by atoms with van der Waals surface area (Å²) in [6.45, 7) is 5.24. The van der Waals surface area contributed by atoms with E-state index < -0.39 is 0 Å². The molecule has 1 aromatic rings. The molecule has 0 aromatic heterocycles. The van der Waals surface area contributed by atoms with Gasteiger partial charge in [0.2, 0.25) is 0 Å². The molecule has 0 amide bonds. The van der Waals surface area contributed by atoms with E-state index >= 15 is 0 Å². The Balaban J connectivity index is 0.00000324. The first-order valence-electron chi connectivity index (χ1n) is 6.29. The fourth-order valence-electron chi connectivity index (χ4n) is 1.93. The first-order chi connectivity index (χ1) is 8.34. The van der Waals surface area contributed by atoms with Crippen molar-refractivity contribution in [2.75, 3.05) is 34.7 Å². The molecule has 3 nitrogen and oxygen atoms in total. The number of hydrogen-bond donors (Lipinski definition) is 0. The number of aliphatic imine (C=N–C) groups is 1. The summed E-state index contributed by atoms with van der Waals surface area (Å²) < 4.78 is 0. The Morgan fingerprint density at radius 3 is 1.89 bits per heavy atom. The van der Waals surface area contributed by atoms with Gasteiger partial charge in [-0.25, -0.2) is 0 Å². The van der Waals surface area contributed by atoms with Crippen LogP contribution in [0.2, 0.25) is 0 Å². The largest absolute Gasteiger partial charge is 0.349 e. The third-order valence-electron chi connectivity index (χ3n) is 2.97. The Morgan fingerprint density at radius 1 is 1.00 bits per heavy atom. The Bertz CT molecular complexity index is 387. The van der Waals surface area contributed by atoms with E-state index in [1.54, 1.807) is 0 Å². The Hall–Kier alpha value is -0.780. The highest BCUT2D eigenvalue weighted by Gasteiger charge is 2.20. The second-order valence-corrected chi connectivity index (χ2v) is 5.65. The van der Waals surface area contributed by atoms with Crippen LogP contribution in [0.25, 0.3) is 0 Å². The van der Waals surface area contributed by atoms with Crippen LogP contribution in [0.4, 0.5) is 0 Å². The molecule has 0 N–H and O–H groups in total. The summed E-state index contributed by atoms with van der Waals surface area (Å²) in [5, 5.41) is 0. The molecule has 0 bridgehead atoms. The number of halogens is 1. The molecule has 0 heterocycles. The van der Waals surface area contributed by atoms with Crippen molar-refractivity contribution < 1.29 is 0 Å². The summed E-state index contributed by atoms with van der Waals surface area (Å²) in [7, 11) is 8.09. The van der Waals surface area contributed by atoms with Crippen molar-refractivity contribution >= 4 is 29.9 Å². The summed E-state index contributed by atoms with van der Waals surface area (Å²) in [6, 6.07) is 10.5. The lowest BCUT2D eigenvalue weighted by Gasteiger charge is -2.27. The average Bonchev–Trinajstić information content (AvgIpc) is 2.29. The third-order valence-corrected chi connectivity index (χ3v) is 2.97. The molecule has 0 fully saturated rings. The summed E-state index contributed by atoms with van der Waals surface area (Å²) in [5.74, 6) is 0.999. The fourth-order valence-corrected chi connectivity index (χ4v) is 1.93. The summed E-state index contributed by atoms with van der Waals surface area (Å²) in [6.07, 6.45) is 0. The first kappa shape index (κ1) is 18.2. The normalized spacial score (nSPS) is 10.4. The lowest BCUT2D eigenvalue weighted by atomic mass is 9.85. The predicted octanol–water partition coefficient (Wildman–Crippen LogP) is 3.06. The van der Waals surface area contributed by atoms with Crippen molar-refractivity contribution in [1.29, 1.82) is 0 Å². The van der Waals surface area contributed by atoms with Crippen molar-refractivity contribution in [2.45, 2.75) is 19.3 Å². The van der Waals surface area contributed by atoms with Crippen molar-refractivity contribution in [1.82, 2.24) is 9.80 Å². The van der Waals surface area contributed by atoms with Crippen molar-refractivity contribution in [3.63, 3.8) is 0 Å². The Kier molecular flexibility index (Phi) is 7.41. The molecule has 0 aliphatic heterocycles. The molecule has 0 aliphatic carbocycles. The summed E-state index contributed by atoms with van der Waals surface area (Å²) in [4.78, 5) is 8.82. The van der Waals surface area contributed by atoms with Crippen LogP contribution in [0.15, 0.2) is 35.3 Å². The minimum Gasteiger partial charge on any atom is -0.349 e. The molecule has 0 saturated carbocycles. The lowest BCUT2D eigenvalue weighted by molar-refractivity contribution is 0.464. The molecular weight excluding hydrogens is 349 g/mol. The highest BCUT2D eigenvalue weighted by atomic mass is 127. The van der Waals surface area contributed by atoms with E-state index in [2.05, 4.69) is 38.1 Å². The van der Waals surface area contributed by atoms with Gasteiger partial charge in [0.25, 0.3) is 0 Å². The van der Waals surface area contributed by atoms with Crippen molar-refractivity contribution in [3.8, 4) is 0 Å². The zero-order valence-corrected chi connectivity index (χ0v) is 15.2. The number of benzene rings is 1. The average molecular weight is 375 g/mol. The van der Waals surface area contributed by atoms with Gasteiger partial charge in [0.05, 0.1) is 6.54 Å². The SMILES string of the molecule is CN(C)C(=NCC(C)(C)c1ccccc1)N(C)C.I. The van der Waals surface area contributed by atoms with E-state index in [1.807, 2.05) is 44.1 Å². The minimum absolute atomic E-state index is 0. The van der Waals surface area contributed by atoms with Gasteiger partial charge >= 0.3 is 0 Å². The van der Waals surface area contributed by atoms with Crippen LogP contribution < -0.4 is 0 Å². The summed E-state index contributed by atoms with van der Waals surface area (Å²) >= 11 is 0. The van der Waals surface area contributed by atoms with Gasteiger partial charge in [-0.1, -0.05) is 44.2 Å². The van der Waals surface area contributed by atoms with Crippen LogP contribution in [0.3, 0.4) is 0 Å². The predicted molar refractivity (Wildman–Crippen MR) is 94.6 cm³/mol. The molecule has 0 spiro atoms. The van der Waals surface area contributed by atoms with Crippen molar-refractivity contribution in [3.05, 3.63) is 35.9 Å². The van der Waals surface area contributed by atoms with E-state index in [0.717, 1.165) is 12.5 Å². The van der Waals surface area contributed by atoms with Crippen LogP contribution >= 0.6 is 24.0 Å². The molecule has 1 aromatic carbocycles. The van der Waals surface area contributed by atoms with Crippen LogP contribution in [-0.2, 0) is 5.41 Å². The van der Waals surface area contributed by atoms with Crippen LogP contribution in [0.5, 0.6) is 0 Å². The minimum atomic E-state index is 0. The van der Waals surface area contributed by atoms with Gasteiger partial charge in [0.1, 0.15) is 0 Å². The molecule has 1 rings (SSSR count). The number of nitrogens with zero attached hydrogens (tertiary/aromatic N) is 3. The molecule has 0 unspecified atom stereocenters. The second kappa shape index (κ2) is 7.72.